The number of amides is 2. The smallest absolute Gasteiger partial charge is 0.255 e. The van der Waals surface area contributed by atoms with E-state index in [2.05, 4.69) is 22.5 Å². The predicted octanol–water partition coefficient (Wildman–Crippen LogP) is 0.463. The molecule has 2 N–H and O–H groups in total. The Morgan fingerprint density at radius 1 is 1.39 bits per heavy atom. The van der Waals surface area contributed by atoms with Gasteiger partial charge in [0.25, 0.3) is 5.91 Å². The fourth-order valence-corrected chi connectivity index (χ4v) is 3.43. The van der Waals surface area contributed by atoms with E-state index in [1.807, 2.05) is 6.07 Å². The number of nitrogens with one attached hydrogen (secondary N) is 2. The summed E-state index contributed by atoms with van der Waals surface area (Å²) < 4.78 is 0. The Labute approximate surface area is 165 Å². The van der Waals surface area contributed by atoms with E-state index in [-0.39, 0.29) is 29.9 Å². The van der Waals surface area contributed by atoms with Crippen molar-refractivity contribution in [2.45, 2.75) is 31.8 Å². The Kier molecular flexibility index (Phi) is 7.69. The number of carbonyl (C=O) groups is 4. The van der Waals surface area contributed by atoms with Crippen LogP contribution in [-0.2, 0) is 9.59 Å². The summed E-state index contributed by atoms with van der Waals surface area (Å²) >= 11 is 0. The van der Waals surface area contributed by atoms with Crippen molar-refractivity contribution in [1.29, 1.82) is 0 Å². The maximum Gasteiger partial charge on any atom is 0.255 e. The van der Waals surface area contributed by atoms with Crippen molar-refractivity contribution >= 4 is 30.1 Å². The monoisotopic (exact) mass is 388 g/mol. The molecule has 1 heterocycles. The summed E-state index contributed by atoms with van der Waals surface area (Å²) in [6.07, 6.45) is 1.76. The molecular weight excluding hydrogens is 360 g/mol. The zero-order valence-corrected chi connectivity index (χ0v) is 16.6. The molecule has 8 heteroatoms. The van der Waals surface area contributed by atoms with Crippen molar-refractivity contribution in [3.63, 3.8) is 0 Å². The normalized spacial score (nSPS) is 17.5. The summed E-state index contributed by atoms with van der Waals surface area (Å²) in [6.45, 7) is 4.58. The minimum atomic E-state index is -0.782. The first kappa shape index (κ1) is 21.6. The summed E-state index contributed by atoms with van der Waals surface area (Å²) in [5.41, 5.74) is 1.41. The quantitative estimate of drug-likeness (QED) is 0.628. The number of carbonyl (C=O) groups excluding carboxylic acids is 4. The predicted molar refractivity (Wildman–Crippen MR) is 107 cm³/mol. The molecule has 28 heavy (non-hydrogen) atoms. The van der Waals surface area contributed by atoms with Gasteiger partial charge in [-0.1, -0.05) is 0 Å². The highest BCUT2D eigenvalue weighted by Crippen LogP contribution is 2.22. The molecule has 1 aromatic rings. The molecule has 2 rings (SSSR count). The topological polar surface area (TPSA) is 98.8 Å². The van der Waals surface area contributed by atoms with Gasteiger partial charge in [0.1, 0.15) is 12.3 Å². The number of hydrogen-bond donors (Lipinski definition) is 2. The Hall–Kier alpha value is -2.74. The second-order valence-corrected chi connectivity index (χ2v) is 6.98. The summed E-state index contributed by atoms with van der Waals surface area (Å²) in [5, 5.41) is 5.88. The number of aldehydes is 2. The summed E-state index contributed by atoms with van der Waals surface area (Å²) in [5.74, 6) is -0.779. The van der Waals surface area contributed by atoms with Crippen LogP contribution in [-0.4, -0.2) is 75.1 Å². The lowest BCUT2D eigenvalue weighted by atomic mass is 10.0. The fourth-order valence-electron chi connectivity index (χ4n) is 3.43. The van der Waals surface area contributed by atoms with Gasteiger partial charge in [-0.3, -0.25) is 14.4 Å². The average molecular weight is 388 g/mol. The summed E-state index contributed by atoms with van der Waals surface area (Å²) in [7, 11) is 2.99. The lowest BCUT2D eigenvalue weighted by molar-refractivity contribution is -0.125. The van der Waals surface area contributed by atoms with Crippen LogP contribution in [0.4, 0.5) is 5.69 Å². The number of hydrogen-bond acceptors (Lipinski definition) is 6. The number of benzene rings is 1. The molecular formula is C20H28N4O4. The van der Waals surface area contributed by atoms with Crippen LogP contribution in [0.5, 0.6) is 0 Å². The number of anilines is 1. The zero-order valence-electron chi connectivity index (χ0n) is 16.6. The van der Waals surface area contributed by atoms with Crippen molar-refractivity contribution in [2.75, 3.05) is 38.6 Å². The third-order valence-corrected chi connectivity index (χ3v) is 5.02. The second-order valence-electron chi connectivity index (χ2n) is 6.98. The van der Waals surface area contributed by atoms with E-state index >= 15 is 0 Å². The molecule has 0 spiro atoms. The third-order valence-electron chi connectivity index (χ3n) is 5.02. The Balaban J connectivity index is 2.26. The lowest BCUT2D eigenvalue weighted by Gasteiger charge is -2.34. The molecule has 152 valence electrons. The van der Waals surface area contributed by atoms with Crippen LogP contribution in [0.15, 0.2) is 18.2 Å². The van der Waals surface area contributed by atoms with Gasteiger partial charge in [0.2, 0.25) is 5.91 Å². The van der Waals surface area contributed by atoms with E-state index < -0.39 is 11.9 Å². The average Bonchev–Trinajstić information content (AvgIpc) is 2.72. The van der Waals surface area contributed by atoms with Crippen molar-refractivity contribution in [3.8, 4) is 0 Å². The molecule has 8 nitrogen and oxygen atoms in total. The van der Waals surface area contributed by atoms with Crippen molar-refractivity contribution in [3.05, 3.63) is 29.3 Å². The molecule has 1 aromatic carbocycles. The maximum atomic E-state index is 13.0. The van der Waals surface area contributed by atoms with E-state index in [0.29, 0.717) is 18.6 Å². The molecule has 2 unspecified atom stereocenters. The molecule has 1 aliphatic heterocycles. The van der Waals surface area contributed by atoms with Gasteiger partial charge in [0.05, 0.1) is 5.56 Å². The first-order valence-electron chi connectivity index (χ1n) is 9.42. The lowest BCUT2D eigenvalue weighted by Crippen LogP contribution is -2.49. The maximum absolute atomic E-state index is 13.0. The Morgan fingerprint density at radius 3 is 2.75 bits per heavy atom. The Bertz CT molecular complexity index is 737. The van der Waals surface area contributed by atoms with E-state index in [0.717, 1.165) is 25.3 Å². The molecule has 0 aromatic heterocycles. The van der Waals surface area contributed by atoms with Crippen LogP contribution in [0.1, 0.15) is 40.5 Å². The molecule has 2 atom stereocenters. The van der Waals surface area contributed by atoms with Crippen LogP contribution in [0, 0.1) is 0 Å². The van der Waals surface area contributed by atoms with Crippen molar-refractivity contribution < 1.29 is 19.2 Å². The number of piperazine rings is 1. The van der Waals surface area contributed by atoms with Crippen LogP contribution in [0.3, 0.4) is 0 Å². The standard InChI is InChI=1S/C20H28N4O4/c1-14-12-24(9-8-22-14)16-6-7-17(15(11-16)13-26)20(28)23(3)18(5-4-10-25)19(27)21-2/h6-7,10-11,13-14,18,22H,4-5,8-9,12H2,1-3H3,(H,21,27). The van der Waals surface area contributed by atoms with Gasteiger partial charge < -0.3 is 25.2 Å². The highest BCUT2D eigenvalue weighted by atomic mass is 16.2. The molecule has 2 amide bonds. The van der Waals surface area contributed by atoms with Gasteiger partial charge in [0.15, 0.2) is 6.29 Å². The van der Waals surface area contributed by atoms with Gasteiger partial charge >= 0.3 is 0 Å². The second kappa shape index (κ2) is 9.98. The van der Waals surface area contributed by atoms with Crippen LogP contribution >= 0.6 is 0 Å². The number of rotatable bonds is 8. The van der Waals surface area contributed by atoms with Gasteiger partial charge in [-0.25, -0.2) is 0 Å². The van der Waals surface area contributed by atoms with Crippen LogP contribution in [0.2, 0.25) is 0 Å². The van der Waals surface area contributed by atoms with E-state index in [1.54, 1.807) is 12.1 Å². The molecule has 0 bridgehead atoms. The molecule has 1 aliphatic rings. The van der Waals surface area contributed by atoms with Crippen molar-refractivity contribution in [2.24, 2.45) is 0 Å². The van der Waals surface area contributed by atoms with Crippen LogP contribution < -0.4 is 15.5 Å². The molecule has 0 radical (unpaired) electrons. The molecule has 0 saturated carbocycles. The largest absolute Gasteiger partial charge is 0.369 e. The van der Waals surface area contributed by atoms with E-state index in [9.17, 15) is 19.2 Å². The Morgan fingerprint density at radius 2 is 2.14 bits per heavy atom. The molecule has 1 saturated heterocycles. The number of nitrogens with zero attached hydrogens (tertiary/aromatic N) is 2. The number of likely N-dealkylation sites (N-methyl/N-ethyl adjacent to an activating group) is 2. The van der Waals surface area contributed by atoms with Crippen molar-refractivity contribution in [1.82, 2.24) is 15.5 Å². The minimum absolute atomic E-state index is 0.163. The SMILES string of the molecule is CNC(=O)C(CCC=O)N(C)C(=O)c1ccc(N2CCNC(C)C2)cc1C=O. The van der Waals surface area contributed by atoms with Gasteiger partial charge in [0, 0.05) is 57.4 Å². The zero-order chi connectivity index (χ0) is 20.7. The van der Waals surface area contributed by atoms with Crippen LogP contribution in [0.25, 0.3) is 0 Å². The first-order valence-corrected chi connectivity index (χ1v) is 9.42. The van der Waals surface area contributed by atoms with Gasteiger partial charge in [-0.05, 0) is 31.5 Å². The minimum Gasteiger partial charge on any atom is -0.369 e. The van der Waals surface area contributed by atoms with E-state index in [4.69, 9.17) is 0 Å². The molecule has 1 fully saturated rings. The fraction of sp³-hybridized carbons (Fsp3) is 0.500. The summed E-state index contributed by atoms with van der Waals surface area (Å²) in [6, 6.07) is 4.73. The molecule has 0 aliphatic carbocycles. The van der Waals surface area contributed by atoms with E-state index in [1.165, 1.54) is 19.0 Å². The van der Waals surface area contributed by atoms with Gasteiger partial charge in [-0.2, -0.15) is 0 Å². The third kappa shape index (κ3) is 4.95. The highest BCUT2D eigenvalue weighted by molar-refractivity contribution is 6.03. The summed E-state index contributed by atoms with van der Waals surface area (Å²) in [4.78, 5) is 50.9. The first-order chi connectivity index (χ1) is 13.4. The highest BCUT2D eigenvalue weighted by Gasteiger charge is 2.28. The van der Waals surface area contributed by atoms with Gasteiger partial charge in [-0.15, -0.1) is 0 Å².